The van der Waals surface area contributed by atoms with Crippen molar-refractivity contribution in [1.29, 1.82) is 0 Å². The van der Waals surface area contributed by atoms with Crippen molar-refractivity contribution in [3.63, 3.8) is 0 Å². The first-order valence-electron chi connectivity index (χ1n) is 5.83. The molecule has 1 N–H and O–H groups in total. The van der Waals surface area contributed by atoms with Crippen LogP contribution in [-0.2, 0) is 4.79 Å². The minimum atomic E-state index is 0.0588. The van der Waals surface area contributed by atoms with Crippen LogP contribution in [0.25, 0.3) is 0 Å². The van der Waals surface area contributed by atoms with Gasteiger partial charge in [0.25, 0.3) is 5.91 Å². The molecule has 0 aromatic heterocycles. The van der Waals surface area contributed by atoms with E-state index in [0.717, 1.165) is 30.5 Å². The third kappa shape index (κ3) is 2.72. The Balaban J connectivity index is 2.01. The number of hydrogen-bond acceptors (Lipinski definition) is 1. The van der Waals surface area contributed by atoms with Crippen LogP contribution in [0.5, 0.6) is 0 Å². The maximum Gasteiger partial charge on any atom is 0.251 e. The number of carbonyl (C=O) groups is 1. The largest absolute Gasteiger partial charge is 0.322 e. The van der Waals surface area contributed by atoms with Crippen LogP contribution in [0.15, 0.2) is 35.9 Å². The van der Waals surface area contributed by atoms with E-state index >= 15 is 0 Å². The molecule has 0 saturated carbocycles. The van der Waals surface area contributed by atoms with Crippen LogP contribution < -0.4 is 5.32 Å². The smallest absolute Gasteiger partial charge is 0.251 e. The molecule has 0 radical (unpaired) electrons. The second kappa shape index (κ2) is 4.97. The Labute approximate surface area is 96.4 Å². The molecule has 0 heterocycles. The lowest BCUT2D eigenvalue weighted by atomic mass is 9.99. The first kappa shape index (κ1) is 10.9. The van der Waals surface area contributed by atoms with E-state index in [4.69, 9.17) is 0 Å². The quantitative estimate of drug-likeness (QED) is 0.804. The van der Waals surface area contributed by atoms with Gasteiger partial charge in [-0.1, -0.05) is 23.8 Å². The van der Waals surface area contributed by atoms with E-state index in [1.54, 1.807) is 0 Å². The van der Waals surface area contributed by atoms with Gasteiger partial charge < -0.3 is 5.32 Å². The Morgan fingerprint density at radius 2 is 1.94 bits per heavy atom. The van der Waals surface area contributed by atoms with E-state index in [9.17, 15) is 4.79 Å². The lowest BCUT2D eigenvalue weighted by Gasteiger charge is -2.12. The molecule has 0 spiro atoms. The van der Waals surface area contributed by atoms with E-state index in [0.29, 0.717) is 0 Å². The highest BCUT2D eigenvalue weighted by molar-refractivity contribution is 6.03. The molecule has 0 aliphatic heterocycles. The number of amides is 1. The molecule has 1 aliphatic rings. The molecular formula is C14H17NO. The molecule has 84 valence electrons. The van der Waals surface area contributed by atoms with Crippen molar-refractivity contribution in [2.45, 2.75) is 32.6 Å². The summed E-state index contributed by atoms with van der Waals surface area (Å²) >= 11 is 0. The normalized spacial score (nSPS) is 15.4. The average Bonchev–Trinajstić information content (AvgIpc) is 2.33. The van der Waals surface area contributed by atoms with Crippen LogP contribution in [-0.4, -0.2) is 5.91 Å². The van der Waals surface area contributed by atoms with E-state index in [1.807, 2.05) is 31.2 Å². The fourth-order valence-corrected chi connectivity index (χ4v) is 1.89. The van der Waals surface area contributed by atoms with Gasteiger partial charge in [0.05, 0.1) is 0 Å². The van der Waals surface area contributed by atoms with Gasteiger partial charge in [-0.3, -0.25) is 4.79 Å². The number of anilines is 1. The van der Waals surface area contributed by atoms with Crippen molar-refractivity contribution in [2.24, 2.45) is 0 Å². The molecule has 0 fully saturated rings. The lowest BCUT2D eigenvalue weighted by Crippen LogP contribution is -2.15. The molecule has 2 heteroatoms. The van der Waals surface area contributed by atoms with Gasteiger partial charge in [0.1, 0.15) is 0 Å². The Hall–Kier alpha value is -1.57. The molecule has 1 aliphatic carbocycles. The van der Waals surface area contributed by atoms with Crippen LogP contribution >= 0.6 is 0 Å². The molecule has 2 rings (SSSR count). The van der Waals surface area contributed by atoms with E-state index in [2.05, 4.69) is 11.4 Å². The van der Waals surface area contributed by atoms with Crippen LogP contribution in [0.1, 0.15) is 31.2 Å². The summed E-state index contributed by atoms with van der Waals surface area (Å²) in [5.74, 6) is 0.0588. The van der Waals surface area contributed by atoms with E-state index < -0.39 is 0 Å². The van der Waals surface area contributed by atoms with Crippen LogP contribution in [0, 0.1) is 6.92 Å². The van der Waals surface area contributed by atoms with Gasteiger partial charge in [-0.2, -0.15) is 0 Å². The summed E-state index contributed by atoms with van der Waals surface area (Å²) in [5.41, 5.74) is 3.02. The highest BCUT2D eigenvalue weighted by Crippen LogP contribution is 2.19. The Morgan fingerprint density at radius 3 is 2.56 bits per heavy atom. The van der Waals surface area contributed by atoms with Gasteiger partial charge in [-0.25, -0.2) is 0 Å². The summed E-state index contributed by atoms with van der Waals surface area (Å²) in [4.78, 5) is 11.9. The predicted molar refractivity (Wildman–Crippen MR) is 66.4 cm³/mol. The fourth-order valence-electron chi connectivity index (χ4n) is 1.89. The summed E-state index contributed by atoms with van der Waals surface area (Å²) in [7, 11) is 0. The molecule has 16 heavy (non-hydrogen) atoms. The molecule has 1 amide bonds. The van der Waals surface area contributed by atoms with Gasteiger partial charge in [0.2, 0.25) is 0 Å². The van der Waals surface area contributed by atoms with Crippen molar-refractivity contribution < 1.29 is 4.79 Å². The third-order valence-electron chi connectivity index (χ3n) is 2.89. The molecule has 0 saturated heterocycles. The highest BCUT2D eigenvalue weighted by atomic mass is 16.1. The van der Waals surface area contributed by atoms with Crippen molar-refractivity contribution >= 4 is 11.6 Å². The topological polar surface area (TPSA) is 29.1 Å². The van der Waals surface area contributed by atoms with Crippen molar-refractivity contribution in [3.8, 4) is 0 Å². The minimum absolute atomic E-state index is 0.0588. The summed E-state index contributed by atoms with van der Waals surface area (Å²) in [6.07, 6.45) is 6.36. The summed E-state index contributed by atoms with van der Waals surface area (Å²) < 4.78 is 0. The molecule has 2 nitrogen and oxygen atoms in total. The Morgan fingerprint density at radius 1 is 1.19 bits per heavy atom. The standard InChI is InChI=1S/C14H17NO/c1-11-7-9-13(10-8-11)15-14(16)12-5-3-2-4-6-12/h5,7-10H,2-4,6H2,1H3,(H,15,16). The Kier molecular flexibility index (Phi) is 3.40. The van der Waals surface area contributed by atoms with E-state index in [1.165, 1.54) is 12.0 Å². The predicted octanol–water partition coefficient (Wildman–Crippen LogP) is 3.43. The summed E-state index contributed by atoms with van der Waals surface area (Å²) in [6.45, 7) is 2.04. The van der Waals surface area contributed by atoms with Gasteiger partial charge in [-0.15, -0.1) is 0 Å². The van der Waals surface area contributed by atoms with Crippen molar-refractivity contribution in [2.75, 3.05) is 5.32 Å². The van der Waals surface area contributed by atoms with Gasteiger partial charge >= 0.3 is 0 Å². The zero-order valence-corrected chi connectivity index (χ0v) is 9.62. The van der Waals surface area contributed by atoms with Gasteiger partial charge in [-0.05, 0) is 44.7 Å². The maximum absolute atomic E-state index is 11.9. The van der Waals surface area contributed by atoms with Crippen LogP contribution in [0.3, 0.4) is 0 Å². The van der Waals surface area contributed by atoms with Crippen LogP contribution in [0.2, 0.25) is 0 Å². The second-order valence-corrected chi connectivity index (χ2v) is 4.30. The zero-order valence-electron chi connectivity index (χ0n) is 9.62. The lowest BCUT2D eigenvalue weighted by molar-refractivity contribution is -0.113. The Bertz CT molecular complexity index is 403. The zero-order chi connectivity index (χ0) is 11.4. The SMILES string of the molecule is Cc1ccc(NC(=O)C2=CCCCC2)cc1. The van der Waals surface area contributed by atoms with Crippen molar-refractivity contribution in [3.05, 3.63) is 41.5 Å². The number of nitrogens with one attached hydrogen (secondary N) is 1. The first-order valence-corrected chi connectivity index (χ1v) is 5.83. The van der Waals surface area contributed by atoms with E-state index in [-0.39, 0.29) is 5.91 Å². The molecule has 1 aromatic rings. The summed E-state index contributed by atoms with van der Waals surface area (Å²) in [5, 5.41) is 2.93. The maximum atomic E-state index is 11.9. The molecule has 1 aromatic carbocycles. The molecule has 0 atom stereocenters. The van der Waals surface area contributed by atoms with Crippen LogP contribution in [0.4, 0.5) is 5.69 Å². The second-order valence-electron chi connectivity index (χ2n) is 4.30. The molecular weight excluding hydrogens is 198 g/mol. The number of carbonyl (C=O) groups excluding carboxylic acids is 1. The fraction of sp³-hybridized carbons (Fsp3) is 0.357. The van der Waals surface area contributed by atoms with Gasteiger partial charge in [0.15, 0.2) is 0 Å². The molecule has 0 bridgehead atoms. The van der Waals surface area contributed by atoms with Crippen molar-refractivity contribution in [1.82, 2.24) is 0 Å². The summed E-state index contributed by atoms with van der Waals surface area (Å²) in [6, 6.07) is 7.89. The number of aryl methyl sites for hydroxylation is 1. The number of allylic oxidation sites excluding steroid dienone is 1. The number of rotatable bonds is 2. The number of hydrogen-bond donors (Lipinski definition) is 1. The first-order chi connectivity index (χ1) is 7.75. The average molecular weight is 215 g/mol. The molecule has 0 unspecified atom stereocenters. The van der Waals surface area contributed by atoms with Gasteiger partial charge in [0, 0.05) is 11.3 Å². The number of benzene rings is 1. The minimum Gasteiger partial charge on any atom is -0.322 e. The third-order valence-corrected chi connectivity index (χ3v) is 2.89. The monoisotopic (exact) mass is 215 g/mol. The highest BCUT2D eigenvalue weighted by Gasteiger charge is 2.11.